The highest BCUT2D eigenvalue weighted by Crippen LogP contribution is 2.27. The van der Waals surface area contributed by atoms with Gasteiger partial charge in [-0.2, -0.15) is 0 Å². The Bertz CT molecular complexity index is 505. The van der Waals surface area contributed by atoms with E-state index in [2.05, 4.69) is 4.98 Å². The number of hydrogen-bond donors (Lipinski definition) is 1. The number of nitrogens with zero attached hydrogens (tertiary/aromatic N) is 1. The summed E-state index contributed by atoms with van der Waals surface area (Å²) in [5, 5.41) is 0.552. The van der Waals surface area contributed by atoms with Crippen LogP contribution in [0.5, 0.6) is 0 Å². The topological polar surface area (TPSA) is 52.0 Å². The van der Waals surface area contributed by atoms with Crippen LogP contribution < -0.4 is 5.73 Å². The van der Waals surface area contributed by atoms with Gasteiger partial charge in [-0.05, 0) is 12.1 Å². The molecule has 1 aromatic heterocycles. The molecule has 2 N–H and O–H groups in total. The van der Waals surface area contributed by atoms with Crippen LogP contribution in [-0.2, 0) is 0 Å². The number of nitrogen functional groups attached to an aromatic ring is 1. The Morgan fingerprint density at radius 2 is 2.12 bits per heavy atom. The van der Waals surface area contributed by atoms with Crippen molar-refractivity contribution in [3.63, 3.8) is 0 Å². The van der Waals surface area contributed by atoms with E-state index >= 15 is 0 Å². The Hall–Kier alpha value is -1.48. The van der Waals surface area contributed by atoms with Crippen molar-refractivity contribution < 1.29 is 4.42 Å². The average Bonchev–Trinajstić information content (AvgIpc) is 2.71. The summed E-state index contributed by atoms with van der Waals surface area (Å²) < 4.78 is 5.37. The average molecular weight is 237 g/mol. The van der Waals surface area contributed by atoms with Gasteiger partial charge in [0.25, 0.3) is 0 Å². The van der Waals surface area contributed by atoms with Crippen LogP contribution in [0.15, 0.2) is 28.9 Å². The molecule has 16 heavy (non-hydrogen) atoms. The van der Waals surface area contributed by atoms with E-state index in [4.69, 9.17) is 21.8 Å². The number of oxazole rings is 1. The molecule has 0 atom stereocenters. The Morgan fingerprint density at radius 1 is 1.38 bits per heavy atom. The number of halogens is 1. The Labute approximate surface area is 99.2 Å². The van der Waals surface area contributed by atoms with Crippen molar-refractivity contribution in [3.05, 3.63) is 35.4 Å². The molecule has 0 unspecified atom stereocenters. The number of rotatable bonds is 2. The molecule has 0 radical (unpaired) electrons. The van der Waals surface area contributed by atoms with Crippen molar-refractivity contribution in [3.8, 4) is 11.3 Å². The lowest BCUT2D eigenvalue weighted by Gasteiger charge is -2.00. The third-order valence-corrected chi connectivity index (χ3v) is 2.65. The van der Waals surface area contributed by atoms with Crippen molar-refractivity contribution >= 4 is 17.3 Å². The number of nitrogens with two attached hydrogens (primary N) is 1. The summed E-state index contributed by atoms with van der Waals surface area (Å²) in [5.74, 6) is 1.00. The van der Waals surface area contributed by atoms with Crippen molar-refractivity contribution in [1.82, 2.24) is 4.98 Å². The summed E-state index contributed by atoms with van der Waals surface area (Å²) in [6, 6.07) is 5.43. The molecule has 2 rings (SSSR count). The minimum Gasteiger partial charge on any atom is -0.448 e. The molecule has 2 aromatic rings. The van der Waals surface area contributed by atoms with Crippen LogP contribution in [0.2, 0.25) is 5.02 Å². The van der Waals surface area contributed by atoms with Crippen LogP contribution >= 0.6 is 11.6 Å². The number of anilines is 1. The molecule has 3 nitrogen and oxygen atoms in total. The van der Waals surface area contributed by atoms with Crippen molar-refractivity contribution in [2.45, 2.75) is 19.8 Å². The quantitative estimate of drug-likeness (QED) is 0.809. The molecule has 0 aliphatic carbocycles. The molecule has 0 spiro atoms. The molecule has 0 aliphatic heterocycles. The zero-order valence-corrected chi connectivity index (χ0v) is 9.95. The maximum Gasteiger partial charge on any atom is 0.197 e. The Kier molecular flexibility index (Phi) is 2.88. The third kappa shape index (κ3) is 2.04. The monoisotopic (exact) mass is 236 g/mol. The summed E-state index contributed by atoms with van der Waals surface area (Å²) in [5.41, 5.74) is 7.98. The second-order valence-electron chi connectivity index (χ2n) is 3.96. The second kappa shape index (κ2) is 4.18. The Balaban J connectivity index is 2.39. The summed E-state index contributed by atoms with van der Waals surface area (Å²) >= 11 is 5.85. The molecule has 4 heteroatoms. The van der Waals surface area contributed by atoms with Gasteiger partial charge in [0.05, 0.1) is 10.7 Å². The van der Waals surface area contributed by atoms with Gasteiger partial charge in [-0.15, -0.1) is 0 Å². The molecule has 0 aliphatic rings. The smallest absolute Gasteiger partial charge is 0.197 e. The van der Waals surface area contributed by atoms with Crippen LogP contribution in [0.25, 0.3) is 11.3 Å². The zero-order valence-electron chi connectivity index (χ0n) is 9.20. The Morgan fingerprint density at radius 3 is 2.69 bits per heavy atom. The van der Waals surface area contributed by atoms with Crippen LogP contribution in [0, 0.1) is 0 Å². The molecular weight excluding hydrogens is 224 g/mol. The SMILES string of the molecule is CC(C)c1nc(-c2ccc(Cl)c(N)c2)co1. The molecule has 0 fully saturated rings. The fourth-order valence-electron chi connectivity index (χ4n) is 1.39. The van der Waals surface area contributed by atoms with E-state index in [1.165, 1.54) is 0 Å². The summed E-state index contributed by atoms with van der Waals surface area (Å²) in [6.45, 7) is 4.07. The maximum absolute atomic E-state index is 5.85. The number of hydrogen-bond acceptors (Lipinski definition) is 3. The lowest BCUT2D eigenvalue weighted by molar-refractivity contribution is 0.471. The predicted octanol–water partition coefficient (Wildman–Crippen LogP) is 3.70. The fourth-order valence-corrected chi connectivity index (χ4v) is 1.51. The molecule has 0 saturated heterocycles. The summed E-state index contributed by atoms with van der Waals surface area (Å²) in [6.07, 6.45) is 1.64. The zero-order chi connectivity index (χ0) is 11.7. The van der Waals surface area contributed by atoms with Crippen LogP contribution in [-0.4, -0.2) is 4.98 Å². The first-order valence-corrected chi connectivity index (χ1v) is 5.46. The predicted molar refractivity (Wildman–Crippen MR) is 65.5 cm³/mol. The van der Waals surface area contributed by atoms with Crippen molar-refractivity contribution in [2.24, 2.45) is 0 Å². The van der Waals surface area contributed by atoms with Crippen molar-refractivity contribution in [2.75, 3.05) is 5.73 Å². The minimum atomic E-state index is 0.276. The number of benzene rings is 1. The van der Waals surface area contributed by atoms with Gasteiger partial charge in [0, 0.05) is 11.5 Å². The minimum absolute atomic E-state index is 0.276. The maximum atomic E-state index is 5.85. The highest BCUT2D eigenvalue weighted by atomic mass is 35.5. The van der Waals surface area contributed by atoms with E-state index in [1.807, 2.05) is 19.9 Å². The van der Waals surface area contributed by atoms with Gasteiger partial charge in [0.2, 0.25) is 0 Å². The molecule has 0 amide bonds. The van der Waals surface area contributed by atoms with E-state index in [-0.39, 0.29) is 5.92 Å². The highest BCUT2D eigenvalue weighted by molar-refractivity contribution is 6.33. The largest absolute Gasteiger partial charge is 0.448 e. The second-order valence-corrected chi connectivity index (χ2v) is 4.37. The van der Waals surface area contributed by atoms with E-state index in [0.29, 0.717) is 10.7 Å². The first-order valence-electron chi connectivity index (χ1n) is 5.08. The standard InChI is InChI=1S/C12H13ClN2O/c1-7(2)12-15-11(6-16-12)8-3-4-9(13)10(14)5-8/h3-7H,14H2,1-2H3. The normalized spacial score (nSPS) is 11.0. The van der Waals surface area contributed by atoms with Gasteiger partial charge in [-0.25, -0.2) is 4.98 Å². The van der Waals surface area contributed by atoms with E-state index in [0.717, 1.165) is 17.1 Å². The van der Waals surface area contributed by atoms with Gasteiger partial charge in [-0.1, -0.05) is 31.5 Å². The van der Waals surface area contributed by atoms with Gasteiger partial charge in [0.1, 0.15) is 12.0 Å². The van der Waals surface area contributed by atoms with Gasteiger partial charge in [-0.3, -0.25) is 0 Å². The highest BCUT2D eigenvalue weighted by Gasteiger charge is 2.10. The van der Waals surface area contributed by atoms with Gasteiger partial charge < -0.3 is 10.2 Å². The molecule has 84 valence electrons. The van der Waals surface area contributed by atoms with Gasteiger partial charge >= 0.3 is 0 Å². The number of aromatic nitrogens is 1. The van der Waals surface area contributed by atoms with E-state index < -0.39 is 0 Å². The molecule has 1 heterocycles. The fraction of sp³-hybridized carbons (Fsp3) is 0.250. The lowest BCUT2D eigenvalue weighted by Crippen LogP contribution is -1.89. The molecule has 0 bridgehead atoms. The molecular formula is C12H13ClN2O. The lowest BCUT2D eigenvalue weighted by atomic mass is 10.1. The van der Waals surface area contributed by atoms with Crippen LogP contribution in [0.3, 0.4) is 0 Å². The molecule has 0 saturated carbocycles. The van der Waals surface area contributed by atoms with Crippen LogP contribution in [0.1, 0.15) is 25.7 Å². The van der Waals surface area contributed by atoms with Gasteiger partial charge in [0.15, 0.2) is 5.89 Å². The van der Waals surface area contributed by atoms with E-state index in [1.54, 1.807) is 18.4 Å². The first kappa shape index (κ1) is 11.0. The van der Waals surface area contributed by atoms with Crippen LogP contribution in [0.4, 0.5) is 5.69 Å². The summed E-state index contributed by atoms with van der Waals surface area (Å²) in [4.78, 5) is 4.39. The molecule has 1 aromatic carbocycles. The van der Waals surface area contributed by atoms with E-state index in [9.17, 15) is 0 Å². The van der Waals surface area contributed by atoms with Crippen molar-refractivity contribution in [1.29, 1.82) is 0 Å². The summed E-state index contributed by atoms with van der Waals surface area (Å²) in [7, 11) is 0. The third-order valence-electron chi connectivity index (χ3n) is 2.31. The first-order chi connectivity index (χ1) is 7.58.